The highest BCUT2D eigenvalue weighted by molar-refractivity contribution is 5.99. The van der Waals surface area contributed by atoms with Crippen LogP contribution in [0, 0.1) is 5.82 Å². The van der Waals surface area contributed by atoms with E-state index in [1.165, 1.54) is 6.07 Å². The van der Waals surface area contributed by atoms with Crippen LogP contribution in [0.2, 0.25) is 0 Å². The van der Waals surface area contributed by atoms with Crippen molar-refractivity contribution in [2.45, 2.75) is 0 Å². The van der Waals surface area contributed by atoms with Crippen LogP contribution in [0.15, 0.2) is 47.5 Å². The van der Waals surface area contributed by atoms with E-state index >= 15 is 0 Å². The van der Waals surface area contributed by atoms with Crippen molar-refractivity contribution in [3.8, 4) is 17.2 Å². The Hall–Kier alpha value is -2.56. The second kappa shape index (κ2) is 5.83. The summed E-state index contributed by atoms with van der Waals surface area (Å²) in [6, 6.07) is 11.8. The summed E-state index contributed by atoms with van der Waals surface area (Å²) in [6.45, 7) is 1.52. The molecule has 0 saturated carbocycles. The van der Waals surface area contributed by atoms with E-state index in [9.17, 15) is 4.39 Å². The summed E-state index contributed by atoms with van der Waals surface area (Å²) in [7, 11) is 1.59. The summed E-state index contributed by atoms with van der Waals surface area (Å²) in [5, 5.41) is 3.11. The quantitative estimate of drug-likeness (QED) is 0.939. The van der Waals surface area contributed by atoms with Gasteiger partial charge in [-0.25, -0.2) is 4.39 Å². The fourth-order valence-corrected chi connectivity index (χ4v) is 2.09. The Morgan fingerprint density at radius 1 is 1.10 bits per heavy atom. The van der Waals surface area contributed by atoms with Crippen LogP contribution in [-0.4, -0.2) is 26.0 Å². The Balaban J connectivity index is 1.78. The molecule has 2 aromatic rings. The van der Waals surface area contributed by atoms with Crippen LogP contribution in [0.4, 0.5) is 4.39 Å². The van der Waals surface area contributed by atoms with Crippen LogP contribution in [0.25, 0.3) is 0 Å². The lowest BCUT2D eigenvalue weighted by Gasteiger charge is -2.09. The number of amidine groups is 1. The number of nitrogens with one attached hydrogen (secondary N) is 1. The van der Waals surface area contributed by atoms with Crippen LogP contribution in [0.5, 0.6) is 17.2 Å². The molecule has 3 rings (SSSR count). The molecule has 0 fully saturated rings. The van der Waals surface area contributed by atoms with Gasteiger partial charge in [-0.2, -0.15) is 0 Å². The number of halogens is 1. The van der Waals surface area contributed by atoms with E-state index in [-0.39, 0.29) is 5.75 Å². The van der Waals surface area contributed by atoms with E-state index < -0.39 is 5.82 Å². The first kappa shape index (κ1) is 13.4. The van der Waals surface area contributed by atoms with Crippen molar-refractivity contribution in [3.63, 3.8) is 0 Å². The van der Waals surface area contributed by atoms with Crippen LogP contribution in [0.1, 0.15) is 5.56 Å². The molecule has 0 unspecified atom stereocenters. The minimum Gasteiger partial charge on any atom is -0.497 e. The molecular formula is C16H15FN2O2. The third-order valence-electron chi connectivity index (χ3n) is 3.17. The number of rotatable bonds is 4. The van der Waals surface area contributed by atoms with Gasteiger partial charge in [0, 0.05) is 12.1 Å². The zero-order valence-corrected chi connectivity index (χ0v) is 11.6. The monoisotopic (exact) mass is 286 g/mol. The Morgan fingerprint density at radius 2 is 1.86 bits per heavy atom. The highest BCUT2D eigenvalue weighted by Gasteiger charge is 2.12. The topological polar surface area (TPSA) is 42.9 Å². The smallest absolute Gasteiger partial charge is 0.166 e. The molecule has 108 valence electrons. The van der Waals surface area contributed by atoms with E-state index in [0.29, 0.717) is 5.75 Å². The highest BCUT2D eigenvalue weighted by atomic mass is 19.1. The number of aliphatic imine (C=N–C) groups is 1. The summed E-state index contributed by atoms with van der Waals surface area (Å²) in [6.07, 6.45) is 0. The Bertz CT molecular complexity index is 668. The molecule has 0 atom stereocenters. The lowest BCUT2D eigenvalue weighted by Crippen LogP contribution is -2.19. The first-order valence-corrected chi connectivity index (χ1v) is 6.66. The number of nitrogens with zero attached hydrogens (tertiary/aromatic N) is 1. The summed E-state index contributed by atoms with van der Waals surface area (Å²) >= 11 is 0. The first-order chi connectivity index (χ1) is 10.3. The van der Waals surface area contributed by atoms with Gasteiger partial charge in [-0.05, 0) is 42.5 Å². The van der Waals surface area contributed by atoms with Crippen molar-refractivity contribution in [1.29, 1.82) is 0 Å². The molecule has 0 amide bonds. The summed E-state index contributed by atoms with van der Waals surface area (Å²) in [5.74, 6) is 1.77. The SMILES string of the molecule is COc1ccc(Oc2ccc(C3=NCCN3)cc2F)cc1. The number of hydrogen-bond donors (Lipinski definition) is 1. The minimum absolute atomic E-state index is 0.183. The second-order valence-electron chi connectivity index (χ2n) is 4.58. The summed E-state index contributed by atoms with van der Waals surface area (Å²) in [4.78, 5) is 4.26. The predicted octanol–water partition coefficient (Wildman–Crippen LogP) is 2.98. The Morgan fingerprint density at radius 3 is 2.48 bits per heavy atom. The maximum atomic E-state index is 14.1. The second-order valence-corrected chi connectivity index (χ2v) is 4.58. The van der Waals surface area contributed by atoms with E-state index in [1.54, 1.807) is 43.5 Å². The zero-order valence-electron chi connectivity index (χ0n) is 11.6. The van der Waals surface area contributed by atoms with Gasteiger partial charge in [0.25, 0.3) is 0 Å². The van der Waals surface area contributed by atoms with Gasteiger partial charge in [0.15, 0.2) is 11.6 Å². The molecule has 0 radical (unpaired) electrons. The van der Waals surface area contributed by atoms with Crippen molar-refractivity contribution in [2.75, 3.05) is 20.2 Å². The third-order valence-corrected chi connectivity index (χ3v) is 3.17. The molecule has 0 saturated heterocycles. The fraction of sp³-hybridized carbons (Fsp3) is 0.188. The molecule has 0 aliphatic carbocycles. The van der Waals surface area contributed by atoms with E-state index in [0.717, 1.165) is 30.2 Å². The average Bonchev–Trinajstić information content (AvgIpc) is 3.04. The molecule has 2 aromatic carbocycles. The van der Waals surface area contributed by atoms with Crippen molar-refractivity contribution in [3.05, 3.63) is 53.8 Å². The number of ether oxygens (including phenoxy) is 2. The van der Waals surface area contributed by atoms with E-state index in [2.05, 4.69) is 10.3 Å². The molecule has 1 aliphatic rings. The van der Waals surface area contributed by atoms with E-state index in [4.69, 9.17) is 9.47 Å². The van der Waals surface area contributed by atoms with Gasteiger partial charge in [0.2, 0.25) is 0 Å². The van der Waals surface area contributed by atoms with Gasteiger partial charge in [-0.1, -0.05) is 0 Å². The Labute approximate surface area is 122 Å². The molecule has 1 heterocycles. The van der Waals surface area contributed by atoms with Crippen molar-refractivity contribution in [2.24, 2.45) is 4.99 Å². The van der Waals surface area contributed by atoms with Crippen molar-refractivity contribution < 1.29 is 13.9 Å². The lowest BCUT2D eigenvalue weighted by atomic mass is 10.2. The van der Waals surface area contributed by atoms with Crippen LogP contribution in [-0.2, 0) is 0 Å². The average molecular weight is 286 g/mol. The van der Waals surface area contributed by atoms with Crippen LogP contribution >= 0.6 is 0 Å². The van der Waals surface area contributed by atoms with Gasteiger partial charge in [0.1, 0.15) is 17.3 Å². The third kappa shape index (κ3) is 2.97. The van der Waals surface area contributed by atoms with E-state index in [1.807, 2.05) is 0 Å². The number of methoxy groups -OCH3 is 1. The van der Waals surface area contributed by atoms with Gasteiger partial charge >= 0.3 is 0 Å². The number of benzene rings is 2. The van der Waals surface area contributed by atoms with Crippen LogP contribution < -0.4 is 14.8 Å². The summed E-state index contributed by atoms with van der Waals surface area (Å²) in [5.41, 5.74) is 0.729. The van der Waals surface area contributed by atoms with Crippen molar-refractivity contribution in [1.82, 2.24) is 5.32 Å². The van der Waals surface area contributed by atoms with Gasteiger partial charge in [0.05, 0.1) is 13.7 Å². The largest absolute Gasteiger partial charge is 0.497 e. The van der Waals surface area contributed by atoms with Crippen LogP contribution in [0.3, 0.4) is 0 Å². The molecular weight excluding hydrogens is 271 g/mol. The molecule has 21 heavy (non-hydrogen) atoms. The minimum atomic E-state index is -0.417. The first-order valence-electron chi connectivity index (χ1n) is 6.66. The molecule has 5 heteroatoms. The predicted molar refractivity (Wildman–Crippen MR) is 78.9 cm³/mol. The molecule has 1 N–H and O–H groups in total. The maximum Gasteiger partial charge on any atom is 0.166 e. The maximum absolute atomic E-state index is 14.1. The molecule has 0 spiro atoms. The molecule has 1 aliphatic heterocycles. The van der Waals surface area contributed by atoms with Gasteiger partial charge in [-0.15, -0.1) is 0 Å². The lowest BCUT2D eigenvalue weighted by molar-refractivity contribution is 0.411. The standard InChI is InChI=1S/C16H15FN2O2/c1-20-12-3-5-13(6-4-12)21-15-7-2-11(10-14(15)17)16-18-8-9-19-16/h2-7,10H,8-9H2,1H3,(H,18,19). The molecule has 0 aromatic heterocycles. The Kier molecular flexibility index (Phi) is 3.73. The fourth-order valence-electron chi connectivity index (χ4n) is 2.09. The molecule has 0 bridgehead atoms. The molecule has 4 nitrogen and oxygen atoms in total. The van der Waals surface area contributed by atoms with Gasteiger partial charge < -0.3 is 14.8 Å². The normalized spacial score (nSPS) is 13.5. The zero-order chi connectivity index (χ0) is 14.7. The van der Waals surface area contributed by atoms with Crippen molar-refractivity contribution >= 4 is 5.84 Å². The van der Waals surface area contributed by atoms with Gasteiger partial charge in [-0.3, -0.25) is 4.99 Å². The highest BCUT2D eigenvalue weighted by Crippen LogP contribution is 2.26. The number of hydrogen-bond acceptors (Lipinski definition) is 4. The summed E-state index contributed by atoms with van der Waals surface area (Å²) < 4.78 is 24.7.